The Labute approximate surface area is 208 Å². The minimum Gasteiger partial charge on any atom is -0.350 e. The lowest BCUT2D eigenvalue weighted by atomic mass is 10.1. The van der Waals surface area contributed by atoms with Crippen LogP contribution in [0.2, 0.25) is 0 Å². The summed E-state index contributed by atoms with van der Waals surface area (Å²) in [6.07, 6.45) is 1.45. The van der Waals surface area contributed by atoms with Crippen LogP contribution in [-0.4, -0.2) is 49.5 Å². The Balaban J connectivity index is 2.18. The smallest absolute Gasteiger partial charge is 0.242 e. The monoisotopic (exact) mass is 505 g/mol. The first-order chi connectivity index (χ1) is 16.2. The topological polar surface area (TPSA) is 86.8 Å². The molecule has 192 valence electrons. The van der Waals surface area contributed by atoms with Crippen molar-refractivity contribution in [2.24, 2.45) is 0 Å². The molecule has 0 unspecified atom stereocenters. The van der Waals surface area contributed by atoms with Gasteiger partial charge in [0.25, 0.3) is 0 Å². The quantitative estimate of drug-likeness (QED) is 0.529. The van der Waals surface area contributed by atoms with Crippen LogP contribution in [0.15, 0.2) is 48.5 Å². The highest BCUT2D eigenvalue weighted by Crippen LogP contribution is 2.20. The summed E-state index contributed by atoms with van der Waals surface area (Å²) in [6.45, 7) is 9.36. The van der Waals surface area contributed by atoms with Gasteiger partial charge in [-0.05, 0) is 76.4 Å². The molecule has 9 heteroatoms. The number of benzene rings is 2. The largest absolute Gasteiger partial charge is 0.350 e. The molecule has 0 aliphatic rings. The van der Waals surface area contributed by atoms with Crippen LogP contribution < -0.4 is 9.62 Å². The van der Waals surface area contributed by atoms with Crippen LogP contribution in [0.25, 0.3) is 0 Å². The van der Waals surface area contributed by atoms with Gasteiger partial charge in [-0.2, -0.15) is 0 Å². The van der Waals surface area contributed by atoms with E-state index in [-0.39, 0.29) is 43.6 Å². The third kappa shape index (κ3) is 8.98. The van der Waals surface area contributed by atoms with Crippen molar-refractivity contribution in [3.63, 3.8) is 0 Å². The molecule has 0 aliphatic heterocycles. The molecular weight excluding hydrogens is 469 g/mol. The standard InChI is InChI=1S/C26H36FN3O4S/c1-19-9-7-10-23(17-19)30(35(6,33)34)16-8-11-24(31)29(18-21-12-14-22(27)15-13-21)20(2)25(32)28-26(3,4)5/h7,9-10,12-15,17,20H,8,11,16,18H2,1-6H3,(H,28,32)/t20-/m1/s1. The van der Waals surface area contributed by atoms with E-state index in [1.807, 2.05) is 33.8 Å². The molecule has 2 aromatic rings. The minimum atomic E-state index is -3.55. The molecule has 7 nitrogen and oxygen atoms in total. The van der Waals surface area contributed by atoms with E-state index in [1.165, 1.54) is 21.3 Å². The number of nitrogens with one attached hydrogen (secondary N) is 1. The lowest BCUT2D eigenvalue weighted by Gasteiger charge is -2.32. The maximum absolute atomic E-state index is 13.4. The van der Waals surface area contributed by atoms with Crippen molar-refractivity contribution in [3.8, 4) is 0 Å². The fourth-order valence-corrected chi connectivity index (χ4v) is 4.59. The van der Waals surface area contributed by atoms with Crippen molar-refractivity contribution >= 4 is 27.5 Å². The number of aryl methyl sites for hydroxylation is 1. The molecule has 0 saturated heterocycles. The maximum atomic E-state index is 13.4. The van der Waals surface area contributed by atoms with E-state index in [2.05, 4.69) is 5.32 Å². The van der Waals surface area contributed by atoms with Crippen molar-refractivity contribution in [1.82, 2.24) is 10.2 Å². The molecule has 2 rings (SSSR count). The highest BCUT2D eigenvalue weighted by atomic mass is 32.2. The number of carbonyl (C=O) groups is 2. The maximum Gasteiger partial charge on any atom is 0.242 e. The zero-order chi connectivity index (χ0) is 26.4. The van der Waals surface area contributed by atoms with Crippen molar-refractivity contribution in [3.05, 3.63) is 65.5 Å². The SMILES string of the molecule is Cc1cccc(N(CCCC(=O)N(Cc2ccc(F)cc2)[C@H](C)C(=O)NC(C)(C)C)S(C)(=O)=O)c1. The van der Waals surface area contributed by atoms with Gasteiger partial charge in [0.1, 0.15) is 11.9 Å². The fraction of sp³-hybridized carbons (Fsp3) is 0.462. The Kier molecular flexibility index (Phi) is 9.43. The number of amides is 2. The Morgan fingerprint density at radius 3 is 2.26 bits per heavy atom. The molecule has 0 radical (unpaired) electrons. The van der Waals surface area contributed by atoms with Gasteiger partial charge in [0.15, 0.2) is 0 Å². The number of hydrogen-bond donors (Lipinski definition) is 1. The second-order valence-corrected chi connectivity index (χ2v) is 11.7. The molecule has 0 aliphatic carbocycles. The zero-order valence-corrected chi connectivity index (χ0v) is 22.2. The number of rotatable bonds is 10. The van der Waals surface area contributed by atoms with E-state index in [0.29, 0.717) is 11.3 Å². The molecular formula is C26H36FN3O4S. The minimum absolute atomic E-state index is 0.0478. The van der Waals surface area contributed by atoms with Gasteiger partial charge >= 0.3 is 0 Å². The van der Waals surface area contributed by atoms with Crippen LogP contribution in [0, 0.1) is 12.7 Å². The Morgan fingerprint density at radius 2 is 1.71 bits per heavy atom. The highest BCUT2D eigenvalue weighted by Gasteiger charge is 2.28. The second kappa shape index (κ2) is 11.7. The average Bonchev–Trinajstić information content (AvgIpc) is 2.73. The normalized spacial score (nSPS) is 12.7. The average molecular weight is 506 g/mol. The van der Waals surface area contributed by atoms with Gasteiger partial charge in [0.2, 0.25) is 21.8 Å². The number of hydrogen-bond acceptors (Lipinski definition) is 4. The summed E-state index contributed by atoms with van der Waals surface area (Å²) in [7, 11) is -3.55. The van der Waals surface area contributed by atoms with Gasteiger partial charge in [-0.3, -0.25) is 13.9 Å². The first-order valence-electron chi connectivity index (χ1n) is 11.6. The predicted octanol–water partition coefficient (Wildman–Crippen LogP) is 4.01. The molecule has 0 fully saturated rings. The first kappa shape index (κ1) is 28.3. The summed E-state index contributed by atoms with van der Waals surface area (Å²) >= 11 is 0. The molecule has 35 heavy (non-hydrogen) atoms. The van der Waals surface area contributed by atoms with E-state index in [1.54, 1.807) is 37.3 Å². The van der Waals surface area contributed by atoms with Crippen LogP contribution in [0.3, 0.4) is 0 Å². The molecule has 0 aromatic heterocycles. The molecule has 2 amide bonds. The fourth-order valence-electron chi connectivity index (χ4n) is 3.63. The molecule has 2 aromatic carbocycles. The van der Waals surface area contributed by atoms with Crippen LogP contribution >= 0.6 is 0 Å². The van der Waals surface area contributed by atoms with Gasteiger partial charge in [0.05, 0.1) is 11.9 Å². The third-order valence-electron chi connectivity index (χ3n) is 5.37. The highest BCUT2D eigenvalue weighted by molar-refractivity contribution is 7.92. The van der Waals surface area contributed by atoms with Gasteiger partial charge in [-0.25, -0.2) is 12.8 Å². The summed E-state index contributed by atoms with van der Waals surface area (Å²) in [5.74, 6) is -0.976. The van der Waals surface area contributed by atoms with Crippen LogP contribution in [0.4, 0.5) is 10.1 Å². The molecule has 0 saturated carbocycles. The Hall–Kier alpha value is -2.94. The summed E-state index contributed by atoms with van der Waals surface area (Å²) in [6, 6.07) is 12.2. The molecule has 0 bridgehead atoms. The van der Waals surface area contributed by atoms with Gasteiger partial charge < -0.3 is 10.2 Å². The van der Waals surface area contributed by atoms with Crippen LogP contribution in [-0.2, 0) is 26.2 Å². The van der Waals surface area contributed by atoms with Gasteiger partial charge in [0, 0.05) is 25.0 Å². The van der Waals surface area contributed by atoms with E-state index in [0.717, 1.165) is 11.8 Å². The van der Waals surface area contributed by atoms with Gasteiger partial charge in [-0.1, -0.05) is 24.3 Å². The second-order valence-electron chi connectivity index (χ2n) is 9.84. The number of anilines is 1. The van der Waals surface area contributed by atoms with E-state index in [4.69, 9.17) is 0 Å². The summed E-state index contributed by atoms with van der Waals surface area (Å²) < 4.78 is 39.4. The Bertz CT molecular complexity index is 1130. The lowest BCUT2D eigenvalue weighted by molar-refractivity contribution is -0.141. The van der Waals surface area contributed by atoms with E-state index >= 15 is 0 Å². The lowest BCUT2D eigenvalue weighted by Crippen LogP contribution is -2.52. The van der Waals surface area contributed by atoms with Crippen LogP contribution in [0.5, 0.6) is 0 Å². The number of nitrogens with zero attached hydrogens (tertiary/aromatic N) is 2. The number of halogens is 1. The molecule has 0 spiro atoms. The first-order valence-corrected chi connectivity index (χ1v) is 13.4. The van der Waals surface area contributed by atoms with Crippen molar-refractivity contribution in [1.29, 1.82) is 0 Å². The van der Waals surface area contributed by atoms with E-state index in [9.17, 15) is 22.4 Å². The predicted molar refractivity (Wildman–Crippen MR) is 137 cm³/mol. The summed E-state index contributed by atoms with van der Waals surface area (Å²) in [5, 5.41) is 2.89. The number of carbonyl (C=O) groups excluding carboxylic acids is 2. The molecule has 0 heterocycles. The van der Waals surface area contributed by atoms with Crippen molar-refractivity contribution in [2.75, 3.05) is 17.1 Å². The summed E-state index contributed by atoms with van der Waals surface area (Å²) in [4.78, 5) is 27.5. The summed E-state index contributed by atoms with van der Waals surface area (Å²) in [5.41, 5.74) is 1.69. The van der Waals surface area contributed by atoms with E-state index < -0.39 is 21.6 Å². The Morgan fingerprint density at radius 1 is 1.09 bits per heavy atom. The number of sulfonamides is 1. The van der Waals surface area contributed by atoms with Gasteiger partial charge in [-0.15, -0.1) is 0 Å². The molecule has 1 atom stereocenters. The van der Waals surface area contributed by atoms with Crippen molar-refractivity contribution < 1.29 is 22.4 Å². The van der Waals surface area contributed by atoms with Crippen LogP contribution in [0.1, 0.15) is 51.7 Å². The zero-order valence-electron chi connectivity index (χ0n) is 21.3. The van der Waals surface area contributed by atoms with Crippen molar-refractivity contribution in [2.45, 2.75) is 65.6 Å². The molecule has 1 N–H and O–H groups in total. The third-order valence-corrected chi connectivity index (χ3v) is 6.57.